The van der Waals surface area contributed by atoms with Gasteiger partial charge in [0, 0.05) is 43.4 Å². The average Bonchev–Trinajstić information content (AvgIpc) is 3.45. The minimum absolute atomic E-state index is 0.160. The summed E-state index contributed by atoms with van der Waals surface area (Å²) in [5.41, 5.74) is 5.54. The molecule has 0 radical (unpaired) electrons. The van der Waals surface area contributed by atoms with Gasteiger partial charge in [-0.1, -0.05) is 6.07 Å². The first-order valence-corrected chi connectivity index (χ1v) is 12.4. The SMILES string of the molecule is CCOc1ccc(-c2ccc3ncc4c(c3c2)n(-c2ccc(N3CCC(O)C3)nc2C)c(=O)n4C)cn1. The van der Waals surface area contributed by atoms with E-state index in [0.29, 0.717) is 19.0 Å². The van der Waals surface area contributed by atoms with Gasteiger partial charge in [0.1, 0.15) is 5.82 Å². The highest BCUT2D eigenvalue weighted by Crippen LogP contribution is 2.31. The highest BCUT2D eigenvalue weighted by molar-refractivity contribution is 6.04. The van der Waals surface area contributed by atoms with Gasteiger partial charge in [0.25, 0.3) is 0 Å². The maximum absolute atomic E-state index is 13.5. The Morgan fingerprint density at radius 2 is 1.92 bits per heavy atom. The van der Waals surface area contributed by atoms with E-state index >= 15 is 0 Å². The molecular formula is C28H28N6O3. The van der Waals surface area contributed by atoms with Crippen LogP contribution in [0.25, 0.3) is 38.8 Å². The number of rotatable bonds is 5. The van der Waals surface area contributed by atoms with Gasteiger partial charge in [-0.15, -0.1) is 0 Å². The Bertz CT molecular complexity index is 1690. The molecule has 1 fully saturated rings. The van der Waals surface area contributed by atoms with Crippen LogP contribution in [-0.2, 0) is 7.05 Å². The molecule has 0 spiro atoms. The molecule has 4 aromatic heterocycles. The molecular weight excluding hydrogens is 468 g/mol. The van der Waals surface area contributed by atoms with E-state index in [9.17, 15) is 9.90 Å². The van der Waals surface area contributed by atoms with Gasteiger partial charge in [-0.05, 0) is 56.2 Å². The molecule has 9 nitrogen and oxygen atoms in total. The van der Waals surface area contributed by atoms with Crippen molar-refractivity contribution in [2.75, 3.05) is 24.6 Å². The number of β-amino-alcohol motifs (C(OH)–C–C–N with tert-alkyl or cyclic N) is 1. The summed E-state index contributed by atoms with van der Waals surface area (Å²) in [5, 5.41) is 10.8. The maximum atomic E-state index is 13.5. The molecule has 188 valence electrons. The molecule has 0 amide bonds. The van der Waals surface area contributed by atoms with Crippen molar-refractivity contribution in [1.29, 1.82) is 0 Å². The van der Waals surface area contributed by atoms with Crippen LogP contribution in [0, 0.1) is 6.92 Å². The molecule has 5 aromatic rings. The molecule has 1 aliphatic heterocycles. The number of aliphatic hydroxyl groups is 1. The second-order valence-corrected chi connectivity index (χ2v) is 9.38. The van der Waals surface area contributed by atoms with Gasteiger partial charge in [-0.2, -0.15) is 0 Å². The van der Waals surface area contributed by atoms with Crippen molar-refractivity contribution in [3.63, 3.8) is 0 Å². The van der Waals surface area contributed by atoms with Crippen LogP contribution in [0.15, 0.2) is 59.7 Å². The molecule has 1 aromatic carbocycles. The summed E-state index contributed by atoms with van der Waals surface area (Å²) in [7, 11) is 1.76. The molecule has 9 heteroatoms. The fourth-order valence-corrected chi connectivity index (χ4v) is 5.09. The molecule has 0 bridgehead atoms. The molecule has 1 saturated heterocycles. The van der Waals surface area contributed by atoms with Crippen molar-refractivity contribution in [2.45, 2.75) is 26.4 Å². The van der Waals surface area contributed by atoms with Crippen LogP contribution in [-0.4, -0.2) is 55.0 Å². The van der Waals surface area contributed by atoms with E-state index in [0.717, 1.165) is 63.2 Å². The van der Waals surface area contributed by atoms with E-state index in [2.05, 4.69) is 20.9 Å². The van der Waals surface area contributed by atoms with Crippen LogP contribution >= 0.6 is 0 Å². The monoisotopic (exact) mass is 496 g/mol. The fraction of sp³-hybridized carbons (Fsp3) is 0.286. The largest absolute Gasteiger partial charge is 0.478 e. The Kier molecular flexibility index (Phi) is 5.64. The summed E-state index contributed by atoms with van der Waals surface area (Å²) in [6.45, 7) is 5.74. The zero-order valence-electron chi connectivity index (χ0n) is 21.0. The predicted molar refractivity (Wildman–Crippen MR) is 144 cm³/mol. The first kappa shape index (κ1) is 23.2. The van der Waals surface area contributed by atoms with Crippen LogP contribution in [0.4, 0.5) is 5.82 Å². The Balaban J connectivity index is 1.52. The summed E-state index contributed by atoms with van der Waals surface area (Å²) >= 11 is 0. The molecule has 1 atom stereocenters. The zero-order valence-corrected chi connectivity index (χ0v) is 21.0. The summed E-state index contributed by atoms with van der Waals surface area (Å²) in [5.74, 6) is 1.39. The number of aliphatic hydroxyl groups excluding tert-OH is 1. The molecule has 5 heterocycles. The lowest BCUT2D eigenvalue weighted by molar-refractivity contribution is 0.198. The quantitative estimate of drug-likeness (QED) is 0.397. The molecule has 0 saturated carbocycles. The number of ether oxygens (including phenoxy) is 1. The number of imidazole rings is 1. The van der Waals surface area contributed by atoms with Crippen molar-refractivity contribution >= 4 is 27.8 Å². The fourth-order valence-electron chi connectivity index (χ4n) is 5.09. The van der Waals surface area contributed by atoms with Crippen LogP contribution in [0.2, 0.25) is 0 Å². The smallest absolute Gasteiger partial charge is 0.333 e. The molecule has 1 aliphatic rings. The number of hydrogen-bond acceptors (Lipinski definition) is 7. The number of fused-ring (bicyclic) bond motifs is 3. The summed E-state index contributed by atoms with van der Waals surface area (Å²) in [6, 6.07) is 13.7. The number of benzene rings is 1. The number of anilines is 1. The normalized spacial score (nSPS) is 15.7. The molecule has 0 aliphatic carbocycles. The third kappa shape index (κ3) is 3.92. The molecule has 37 heavy (non-hydrogen) atoms. The first-order valence-electron chi connectivity index (χ1n) is 12.4. The summed E-state index contributed by atoms with van der Waals surface area (Å²) in [6.07, 6.45) is 3.94. The van der Waals surface area contributed by atoms with Crippen LogP contribution < -0.4 is 15.3 Å². The highest BCUT2D eigenvalue weighted by atomic mass is 16.5. The minimum Gasteiger partial charge on any atom is -0.478 e. The Hall–Kier alpha value is -4.24. The van der Waals surface area contributed by atoms with Crippen molar-refractivity contribution in [3.05, 3.63) is 71.0 Å². The lowest BCUT2D eigenvalue weighted by Gasteiger charge is -2.18. The first-order chi connectivity index (χ1) is 17.9. The molecule has 1 N–H and O–H groups in total. The lowest BCUT2D eigenvalue weighted by Crippen LogP contribution is -2.24. The third-order valence-electron chi connectivity index (χ3n) is 7.02. The Labute approximate surface area is 213 Å². The summed E-state index contributed by atoms with van der Waals surface area (Å²) in [4.78, 5) is 29.4. The van der Waals surface area contributed by atoms with Crippen molar-refractivity contribution in [3.8, 4) is 22.7 Å². The molecule has 1 unspecified atom stereocenters. The van der Waals surface area contributed by atoms with Gasteiger partial charge in [0.15, 0.2) is 0 Å². The van der Waals surface area contributed by atoms with Gasteiger partial charge in [0.2, 0.25) is 5.88 Å². The topological polar surface area (TPSA) is 98.3 Å². The third-order valence-corrected chi connectivity index (χ3v) is 7.02. The second-order valence-electron chi connectivity index (χ2n) is 9.38. The number of hydrogen-bond donors (Lipinski definition) is 1. The van der Waals surface area contributed by atoms with E-state index < -0.39 is 0 Å². The van der Waals surface area contributed by atoms with Crippen molar-refractivity contribution < 1.29 is 9.84 Å². The van der Waals surface area contributed by atoms with Gasteiger partial charge in [-0.3, -0.25) is 14.1 Å². The van der Waals surface area contributed by atoms with E-state index in [-0.39, 0.29) is 11.8 Å². The Morgan fingerprint density at radius 3 is 2.62 bits per heavy atom. The van der Waals surface area contributed by atoms with Gasteiger partial charge in [-0.25, -0.2) is 14.8 Å². The van der Waals surface area contributed by atoms with E-state index in [1.54, 1.807) is 28.6 Å². The van der Waals surface area contributed by atoms with Gasteiger partial charge < -0.3 is 14.7 Å². The van der Waals surface area contributed by atoms with Crippen molar-refractivity contribution in [1.82, 2.24) is 24.1 Å². The van der Waals surface area contributed by atoms with E-state index in [4.69, 9.17) is 9.72 Å². The van der Waals surface area contributed by atoms with Gasteiger partial charge in [0.05, 0.1) is 46.8 Å². The minimum atomic E-state index is -0.332. The number of nitrogens with zero attached hydrogens (tertiary/aromatic N) is 6. The Morgan fingerprint density at radius 1 is 1.08 bits per heavy atom. The predicted octanol–water partition coefficient (Wildman–Crippen LogP) is 3.61. The van der Waals surface area contributed by atoms with Crippen LogP contribution in [0.3, 0.4) is 0 Å². The number of aryl methyl sites for hydroxylation is 2. The van der Waals surface area contributed by atoms with Gasteiger partial charge >= 0.3 is 5.69 Å². The maximum Gasteiger partial charge on any atom is 0.333 e. The highest BCUT2D eigenvalue weighted by Gasteiger charge is 2.23. The van der Waals surface area contributed by atoms with E-state index in [1.807, 2.05) is 50.2 Å². The standard InChI is InChI=1S/C28H28N6O3/c1-4-37-26-10-6-19(14-30-26)18-5-7-22-21(13-18)27-24(15-29-22)32(3)28(36)34(27)23-8-9-25(31-17(23)2)33-12-11-20(35)16-33/h5-10,13-15,20,35H,4,11-12,16H2,1-3H3. The second kappa shape index (κ2) is 9.01. The number of pyridine rings is 3. The average molecular weight is 497 g/mol. The van der Waals surface area contributed by atoms with Crippen LogP contribution in [0.5, 0.6) is 5.88 Å². The molecule has 6 rings (SSSR count). The lowest BCUT2D eigenvalue weighted by atomic mass is 10.0. The van der Waals surface area contributed by atoms with E-state index in [1.165, 1.54) is 0 Å². The van der Waals surface area contributed by atoms with Crippen LogP contribution in [0.1, 0.15) is 19.0 Å². The number of aromatic nitrogens is 5. The zero-order chi connectivity index (χ0) is 25.7. The van der Waals surface area contributed by atoms with Crippen molar-refractivity contribution in [2.24, 2.45) is 7.05 Å². The summed E-state index contributed by atoms with van der Waals surface area (Å²) < 4.78 is 8.83.